The molecule has 0 radical (unpaired) electrons. The van der Waals surface area contributed by atoms with Gasteiger partial charge in [-0.1, -0.05) is 30.3 Å². The molecule has 1 aromatic rings. The van der Waals surface area contributed by atoms with E-state index in [1.165, 1.54) is 12.0 Å². The van der Waals surface area contributed by atoms with E-state index in [-0.39, 0.29) is 6.29 Å². The Kier molecular flexibility index (Phi) is 3.97. The van der Waals surface area contributed by atoms with E-state index in [1.54, 1.807) is 0 Å². The van der Waals surface area contributed by atoms with Crippen LogP contribution < -0.4 is 0 Å². The van der Waals surface area contributed by atoms with Crippen molar-refractivity contribution in [2.45, 2.75) is 32.5 Å². The van der Waals surface area contributed by atoms with Gasteiger partial charge >= 0.3 is 0 Å². The maximum absolute atomic E-state index is 5.64. The van der Waals surface area contributed by atoms with Crippen molar-refractivity contribution in [3.05, 3.63) is 35.9 Å². The van der Waals surface area contributed by atoms with E-state index in [4.69, 9.17) is 9.47 Å². The lowest BCUT2D eigenvalue weighted by Crippen LogP contribution is -2.20. The molecule has 0 amide bonds. The summed E-state index contributed by atoms with van der Waals surface area (Å²) >= 11 is 0. The number of hydrogen-bond donors (Lipinski definition) is 0. The van der Waals surface area contributed by atoms with Crippen molar-refractivity contribution in [1.82, 2.24) is 0 Å². The largest absolute Gasteiger partial charge is 0.353 e. The monoisotopic (exact) mass is 220 g/mol. The maximum atomic E-state index is 5.64. The molecule has 2 nitrogen and oxygen atoms in total. The minimum Gasteiger partial charge on any atom is -0.353 e. The first-order chi connectivity index (χ1) is 7.86. The molecule has 0 aliphatic heterocycles. The predicted molar refractivity (Wildman–Crippen MR) is 64.3 cm³/mol. The van der Waals surface area contributed by atoms with Crippen LogP contribution in [0.15, 0.2) is 30.3 Å². The van der Waals surface area contributed by atoms with Crippen molar-refractivity contribution in [3.8, 4) is 0 Å². The highest BCUT2D eigenvalue weighted by molar-refractivity contribution is 5.25. The minimum absolute atomic E-state index is 0.0137. The van der Waals surface area contributed by atoms with Gasteiger partial charge in [-0.15, -0.1) is 0 Å². The second-order valence-electron chi connectivity index (χ2n) is 4.20. The fourth-order valence-electron chi connectivity index (χ4n) is 2.22. The van der Waals surface area contributed by atoms with Crippen LogP contribution in [0.5, 0.6) is 0 Å². The molecule has 2 heteroatoms. The summed E-state index contributed by atoms with van der Waals surface area (Å²) in [5.74, 6) is 1.17. The molecule has 1 saturated carbocycles. The second-order valence-corrected chi connectivity index (χ2v) is 4.20. The lowest BCUT2D eigenvalue weighted by atomic mass is 10.1. The molecule has 0 bridgehead atoms. The molecule has 0 unspecified atom stereocenters. The van der Waals surface area contributed by atoms with Gasteiger partial charge in [-0.3, -0.25) is 0 Å². The Balaban J connectivity index is 1.93. The van der Waals surface area contributed by atoms with E-state index in [0.29, 0.717) is 11.8 Å². The van der Waals surface area contributed by atoms with E-state index >= 15 is 0 Å². The zero-order valence-electron chi connectivity index (χ0n) is 10.1. The average molecular weight is 220 g/mol. The van der Waals surface area contributed by atoms with Gasteiger partial charge in [0.15, 0.2) is 6.29 Å². The molecule has 16 heavy (non-hydrogen) atoms. The molecule has 1 fully saturated rings. The number of rotatable bonds is 6. The van der Waals surface area contributed by atoms with Gasteiger partial charge in [0.1, 0.15) is 0 Å². The Hall–Kier alpha value is -0.860. The van der Waals surface area contributed by atoms with Crippen LogP contribution in [0.25, 0.3) is 0 Å². The molecule has 0 aromatic heterocycles. The highest BCUT2D eigenvalue weighted by atomic mass is 16.7. The Morgan fingerprint density at radius 2 is 1.75 bits per heavy atom. The standard InChI is InChI=1S/C14H20O2/c1-3-15-14(16-4-2)13-10-12(13)11-8-6-5-7-9-11/h5-9,12-14H,3-4,10H2,1-2H3/t12-,13+/m1/s1. The summed E-state index contributed by atoms with van der Waals surface area (Å²) in [6.45, 7) is 5.49. The third-order valence-corrected chi connectivity index (χ3v) is 3.08. The fraction of sp³-hybridized carbons (Fsp3) is 0.571. The Bertz CT molecular complexity index is 304. The molecule has 2 rings (SSSR count). The third-order valence-electron chi connectivity index (χ3n) is 3.08. The first kappa shape index (κ1) is 11.6. The van der Waals surface area contributed by atoms with Gasteiger partial charge in [0.2, 0.25) is 0 Å². The first-order valence-electron chi connectivity index (χ1n) is 6.15. The lowest BCUT2D eigenvalue weighted by molar-refractivity contribution is -0.149. The average Bonchev–Trinajstić information content (AvgIpc) is 3.10. The van der Waals surface area contributed by atoms with Crippen LogP contribution >= 0.6 is 0 Å². The quantitative estimate of drug-likeness (QED) is 0.685. The molecule has 0 saturated heterocycles. The predicted octanol–water partition coefficient (Wildman–Crippen LogP) is 3.19. The van der Waals surface area contributed by atoms with Crippen molar-refractivity contribution in [3.63, 3.8) is 0 Å². The van der Waals surface area contributed by atoms with Gasteiger partial charge in [0.25, 0.3) is 0 Å². The van der Waals surface area contributed by atoms with Crippen molar-refractivity contribution in [2.75, 3.05) is 13.2 Å². The summed E-state index contributed by atoms with van der Waals surface area (Å²) in [4.78, 5) is 0. The summed E-state index contributed by atoms with van der Waals surface area (Å²) in [5.41, 5.74) is 1.41. The molecule has 1 aliphatic carbocycles. The van der Waals surface area contributed by atoms with Gasteiger partial charge in [0, 0.05) is 19.1 Å². The molecule has 88 valence electrons. The van der Waals surface area contributed by atoms with Crippen LogP contribution in [0.4, 0.5) is 0 Å². The summed E-state index contributed by atoms with van der Waals surface area (Å²) in [6.07, 6.45) is 1.18. The third kappa shape index (κ3) is 2.63. The van der Waals surface area contributed by atoms with Crippen LogP contribution in [-0.4, -0.2) is 19.5 Å². The Labute approximate surface area is 97.6 Å². The van der Waals surface area contributed by atoms with Crippen LogP contribution in [-0.2, 0) is 9.47 Å². The normalized spacial score (nSPS) is 23.7. The summed E-state index contributed by atoms with van der Waals surface area (Å²) in [7, 11) is 0. The molecule has 1 aliphatic rings. The molecule has 0 heterocycles. The van der Waals surface area contributed by atoms with E-state index in [1.807, 2.05) is 13.8 Å². The highest BCUT2D eigenvalue weighted by Crippen LogP contribution is 2.50. The summed E-state index contributed by atoms with van der Waals surface area (Å²) in [6, 6.07) is 10.6. The van der Waals surface area contributed by atoms with Crippen LogP contribution in [0.1, 0.15) is 31.7 Å². The van der Waals surface area contributed by atoms with Gasteiger partial charge in [-0.25, -0.2) is 0 Å². The first-order valence-corrected chi connectivity index (χ1v) is 6.15. The van der Waals surface area contributed by atoms with E-state index in [9.17, 15) is 0 Å². The molecular formula is C14H20O2. The van der Waals surface area contributed by atoms with E-state index < -0.39 is 0 Å². The summed E-state index contributed by atoms with van der Waals surface area (Å²) < 4.78 is 11.3. The SMILES string of the molecule is CCOC(OCC)[C@H]1C[C@@H]1c1ccccc1. The lowest BCUT2D eigenvalue weighted by Gasteiger charge is -2.16. The van der Waals surface area contributed by atoms with Gasteiger partial charge in [-0.2, -0.15) is 0 Å². The molecule has 2 atom stereocenters. The second kappa shape index (κ2) is 5.46. The van der Waals surface area contributed by atoms with Gasteiger partial charge in [0.05, 0.1) is 0 Å². The Morgan fingerprint density at radius 3 is 2.31 bits per heavy atom. The van der Waals surface area contributed by atoms with Crippen molar-refractivity contribution in [2.24, 2.45) is 5.92 Å². The zero-order chi connectivity index (χ0) is 11.4. The van der Waals surface area contributed by atoms with Crippen LogP contribution in [0.2, 0.25) is 0 Å². The molecular weight excluding hydrogens is 200 g/mol. The topological polar surface area (TPSA) is 18.5 Å². The number of hydrogen-bond acceptors (Lipinski definition) is 2. The smallest absolute Gasteiger partial charge is 0.160 e. The fourth-order valence-corrected chi connectivity index (χ4v) is 2.22. The highest BCUT2D eigenvalue weighted by Gasteiger charge is 2.44. The van der Waals surface area contributed by atoms with Gasteiger partial charge < -0.3 is 9.47 Å². The van der Waals surface area contributed by atoms with Crippen LogP contribution in [0.3, 0.4) is 0 Å². The van der Waals surface area contributed by atoms with Crippen molar-refractivity contribution in [1.29, 1.82) is 0 Å². The number of benzene rings is 1. The molecule has 0 spiro atoms. The number of ether oxygens (including phenoxy) is 2. The van der Waals surface area contributed by atoms with E-state index in [2.05, 4.69) is 30.3 Å². The summed E-state index contributed by atoms with van der Waals surface area (Å²) in [5, 5.41) is 0. The van der Waals surface area contributed by atoms with Crippen LogP contribution in [0, 0.1) is 5.92 Å². The van der Waals surface area contributed by atoms with Crippen molar-refractivity contribution >= 4 is 0 Å². The Morgan fingerprint density at radius 1 is 1.12 bits per heavy atom. The maximum Gasteiger partial charge on any atom is 0.160 e. The molecule has 0 N–H and O–H groups in total. The van der Waals surface area contributed by atoms with Crippen molar-refractivity contribution < 1.29 is 9.47 Å². The van der Waals surface area contributed by atoms with E-state index in [0.717, 1.165) is 13.2 Å². The zero-order valence-corrected chi connectivity index (χ0v) is 10.1. The minimum atomic E-state index is -0.0137. The molecule has 1 aromatic carbocycles. The van der Waals surface area contributed by atoms with Gasteiger partial charge in [-0.05, 0) is 31.7 Å².